The molecule has 92 valence electrons. The van der Waals surface area contributed by atoms with Crippen LogP contribution in [0.25, 0.3) is 0 Å². The van der Waals surface area contributed by atoms with Gasteiger partial charge in [-0.1, -0.05) is 6.92 Å². The topological polar surface area (TPSA) is 29.9 Å². The molecule has 0 spiro atoms. The summed E-state index contributed by atoms with van der Waals surface area (Å²) in [7, 11) is 2.00. The van der Waals surface area contributed by atoms with Crippen LogP contribution in [0.2, 0.25) is 0 Å². The predicted molar refractivity (Wildman–Crippen MR) is 72.5 cm³/mol. The molecule has 0 fully saturated rings. The Labute approximate surface area is 106 Å². The third-order valence-corrected chi connectivity index (χ3v) is 3.88. The first kappa shape index (κ1) is 12.3. The number of aromatic nitrogens is 2. The second-order valence-corrected chi connectivity index (χ2v) is 5.47. The lowest BCUT2D eigenvalue weighted by Gasteiger charge is -2.16. The number of rotatable bonds is 5. The average Bonchev–Trinajstić information content (AvgIpc) is 2.91. The van der Waals surface area contributed by atoms with Crippen molar-refractivity contribution in [3.05, 3.63) is 39.8 Å². The van der Waals surface area contributed by atoms with E-state index in [9.17, 15) is 0 Å². The van der Waals surface area contributed by atoms with E-state index >= 15 is 0 Å². The van der Waals surface area contributed by atoms with Crippen LogP contribution in [-0.4, -0.2) is 16.8 Å². The Hall–Kier alpha value is -1.13. The maximum atomic E-state index is 4.39. The highest BCUT2D eigenvalue weighted by Gasteiger charge is 2.17. The fraction of sp³-hybridized carbons (Fsp3) is 0.462. The van der Waals surface area contributed by atoms with Gasteiger partial charge in [0.05, 0.1) is 11.7 Å². The van der Waals surface area contributed by atoms with Gasteiger partial charge in [0.25, 0.3) is 0 Å². The van der Waals surface area contributed by atoms with E-state index in [-0.39, 0.29) is 6.04 Å². The molecule has 1 atom stereocenters. The van der Waals surface area contributed by atoms with Gasteiger partial charge in [-0.15, -0.1) is 11.3 Å². The number of thiophene rings is 1. The van der Waals surface area contributed by atoms with Crippen molar-refractivity contribution in [1.29, 1.82) is 0 Å². The lowest BCUT2D eigenvalue weighted by Crippen LogP contribution is -2.20. The van der Waals surface area contributed by atoms with Crippen LogP contribution in [0.3, 0.4) is 0 Å². The van der Waals surface area contributed by atoms with E-state index in [1.165, 1.54) is 15.4 Å². The summed E-state index contributed by atoms with van der Waals surface area (Å²) < 4.78 is 2.09. The Morgan fingerprint density at radius 2 is 2.24 bits per heavy atom. The Kier molecular flexibility index (Phi) is 3.97. The van der Waals surface area contributed by atoms with E-state index in [0.29, 0.717) is 0 Å². The molecule has 1 N–H and O–H groups in total. The summed E-state index contributed by atoms with van der Waals surface area (Å²) in [4.78, 5) is 2.70. The molecule has 0 saturated carbocycles. The van der Waals surface area contributed by atoms with Crippen LogP contribution in [0.15, 0.2) is 24.4 Å². The highest BCUT2D eigenvalue weighted by Crippen LogP contribution is 2.27. The number of nitrogens with one attached hydrogen (secondary N) is 1. The molecular weight excluding hydrogens is 230 g/mol. The number of aryl methyl sites for hydroxylation is 2. The van der Waals surface area contributed by atoms with Crippen LogP contribution < -0.4 is 5.32 Å². The molecule has 0 radical (unpaired) electrons. The highest BCUT2D eigenvalue weighted by atomic mass is 32.1. The normalized spacial score (nSPS) is 12.9. The van der Waals surface area contributed by atoms with Crippen molar-refractivity contribution < 1.29 is 0 Å². The Balaban J connectivity index is 2.31. The zero-order valence-electron chi connectivity index (χ0n) is 10.6. The quantitative estimate of drug-likeness (QED) is 0.883. The lowest BCUT2D eigenvalue weighted by molar-refractivity contribution is 0.538. The average molecular weight is 249 g/mol. The Bertz CT molecular complexity index is 472. The largest absolute Gasteiger partial charge is 0.307 e. The van der Waals surface area contributed by atoms with Crippen LogP contribution in [0.1, 0.15) is 34.8 Å². The summed E-state index contributed by atoms with van der Waals surface area (Å²) in [6.07, 6.45) is 2.99. The van der Waals surface area contributed by atoms with Gasteiger partial charge in [0.1, 0.15) is 0 Å². The molecule has 0 bridgehead atoms. The van der Waals surface area contributed by atoms with E-state index < -0.39 is 0 Å². The molecule has 2 aromatic rings. The van der Waals surface area contributed by atoms with Gasteiger partial charge in [-0.05, 0) is 38.6 Å². The molecule has 3 nitrogen and oxygen atoms in total. The standard InChI is InChI=1S/C13H19N3S/c1-4-9-16-11(7-8-15-16)13(14-3)12-6-5-10(2)17-12/h5-8,13-14H,4,9H2,1-3H3. The zero-order valence-corrected chi connectivity index (χ0v) is 11.4. The molecule has 2 aromatic heterocycles. The van der Waals surface area contributed by atoms with Gasteiger partial charge in [0.2, 0.25) is 0 Å². The lowest BCUT2D eigenvalue weighted by atomic mass is 10.1. The molecule has 1 unspecified atom stereocenters. The molecule has 2 heterocycles. The fourth-order valence-electron chi connectivity index (χ4n) is 2.03. The molecule has 0 aliphatic heterocycles. The maximum absolute atomic E-state index is 4.39. The second kappa shape index (κ2) is 5.47. The third kappa shape index (κ3) is 2.58. The number of hydrogen-bond donors (Lipinski definition) is 1. The maximum Gasteiger partial charge on any atom is 0.0839 e. The Morgan fingerprint density at radius 1 is 1.41 bits per heavy atom. The predicted octanol–water partition coefficient (Wildman–Crippen LogP) is 2.97. The minimum Gasteiger partial charge on any atom is -0.307 e. The van der Waals surface area contributed by atoms with Crippen molar-refractivity contribution in [3.8, 4) is 0 Å². The molecular formula is C13H19N3S. The summed E-state index contributed by atoms with van der Waals surface area (Å²) in [5.74, 6) is 0. The van der Waals surface area contributed by atoms with Crippen molar-refractivity contribution >= 4 is 11.3 Å². The van der Waals surface area contributed by atoms with Crippen LogP contribution in [0.4, 0.5) is 0 Å². The Morgan fingerprint density at radius 3 is 2.82 bits per heavy atom. The molecule has 0 aliphatic carbocycles. The van der Waals surface area contributed by atoms with Crippen LogP contribution in [-0.2, 0) is 6.54 Å². The van der Waals surface area contributed by atoms with Gasteiger partial charge < -0.3 is 5.32 Å². The van der Waals surface area contributed by atoms with Crippen molar-refractivity contribution in [2.75, 3.05) is 7.05 Å². The fourth-order valence-corrected chi connectivity index (χ4v) is 3.03. The van der Waals surface area contributed by atoms with Gasteiger partial charge in [0.15, 0.2) is 0 Å². The number of nitrogens with zero attached hydrogens (tertiary/aromatic N) is 2. The summed E-state index contributed by atoms with van der Waals surface area (Å²) in [5.41, 5.74) is 1.25. The minimum atomic E-state index is 0.253. The first-order chi connectivity index (χ1) is 8.26. The van der Waals surface area contributed by atoms with E-state index in [0.717, 1.165) is 13.0 Å². The van der Waals surface area contributed by atoms with Crippen molar-refractivity contribution in [2.45, 2.75) is 32.9 Å². The van der Waals surface area contributed by atoms with Crippen molar-refractivity contribution in [1.82, 2.24) is 15.1 Å². The molecule has 4 heteroatoms. The molecule has 2 rings (SSSR count). The van der Waals surface area contributed by atoms with E-state index in [2.05, 4.69) is 47.1 Å². The van der Waals surface area contributed by atoms with Crippen LogP contribution in [0.5, 0.6) is 0 Å². The molecule has 17 heavy (non-hydrogen) atoms. The van der Waals surface area contributed by atoms with Gasteiger partial charge in [-0.3, -0.25) is 4.68 Å². The van der Waals surface area contributed by atoms with Gasteiger partial charge in [-0.25, -0.2) is 0 Å². The minimum absolute atomic E-state index is 0.253. The molecule has 0 aliphatic rings. The van der Waals surface area contributed by atoms with E-state index in [1.807, 2.05) is 24.6 Å². The zero-order chi connectivity index (χ0) is 12.3. The van der Waals surface area contributed by atoms with Gasteiger partial charge >= 0.3 is 0 Å². The summed E-state index contributed by atoms with van der Waals surface area (Å²) in [6, 6.07) is 6.73. The van der Waals surface area contributed by atoms with Crippen LogP contribution >= 0.6 is 11.3 Å². The van der Waals surface area contributed by atoms with Gasteiger partial charge in [0, 0.05) is 22.5 Å². The number of hydrogen-bond acceptors (Lipinski definition) is 3. The van der Waals surface area contributed by atoms with E-state index in [4.69, 9.17) is 0 Å². The highest BCUT2D eigenvalue weighted by molar-refractivity contribution is 7.12. The van der Waals surface area contributed by atoms with Crippen molar-refractivity contribution in [2.24, 2.45) is 0 Å². The van der Waals surface area contributed by atoms with Crippen LogP contribution in [0, 0.1) is 6.92 Å². The third-order valence-electron chi connectivity index (χ3n) is 2.81. The molecule has 0 aromatic carbocycles. The van der Waals surface area contributed by atoms with Gasteiger partial charge in [-0.2, -0.15) is 5.10 Å². The van der Waals surface area contributed by atoms with Crippen molar-refractivity contribution in [3.63, 3.8) is 0 Å². The first-order valence-electron chi connectivity index (χ1n) is 6.01. The second-order valence-electron chi connectivity index (χ2n) is 4.15. The molecule has 0 saturated heterocycles. The first-order valence-corrected chi connectivity index (χ1v) is 6.83. The smallest absolute Gasteiger partial charge is 0.0839 e. The summed E-state index contributed by atoms with van der Waals surface area (Å²) >= 11 is 1.84. The summed E-state index contributed by atoms with van der Waals surface area (Å²) in [6.45, 7) is 5.30. The summed E-state index contributed by atoms with van der Waals surface area (Å²) in [5, 5.41) is 7.77. The SMILES string of the molecule is CCCn1nccc1C(NC)c1ccc(C)s1. The van der Waals surface area contributed by atoms with E-state index in [1.54, 1.807) is 0 Å². The monoisotopic (exact) mass is 249 g/mol. The molecule has 0 amide bonds.